The molecule has 13 heteroatoms. The smallest absolute Gasteiger partial charge is 0.241 e. The van der Waals surface area contributed by atoms with Crippen LogP contribution < -0.4 is 4.90 Å². The van der Waals surface area contributed by atoms with E-state index in [2.05, 4.69) is 14.7 Å². The fraction of sp³-hybridized carbons (Fsp3) is 0.312. The van der Waals surface area contributed by atoms with Crippen molar-refractivity contribution in [1.29, 1.82) is 0 Å². The van der Waals surface area contributed by atoms with E-state index in [-0.39, 0.29) is 11.0 Å². The van der Waals surface area contributed by atoms with Gasteiger partial charge in [-0.2, -0.15) is 4.31 Å². The van der Waals surface area contributed by atoms with Crippen LogP contribution in [0.5, 0.6) is 0 Å². The van der Waals surface area contributed by atoms with Gasteiger partial charge in [0.15, 0.2) is 5.69 Å². The van der Waals surface area contributed by atoms with Gasteiger partial charge < -0.3 is 23.7 Å². The summed E-state index contributed by atoms with van der Waals surface area (Å²) in [7, 11) is -3.65. The van der Waals surface area contributed by atoms with Crippen LogP contribution in [0.2, 0.25) is 10.0 Å². The summed E-state index contributed by atoms with van der Waals surface area (Å²) in [5, 5.41) is 0.983. The number of anilines is 1. The number of benzene rings is 3. The molecular weight excluding hydrogens is 637 g/mol. The fourth-order valence-electron chi connectivity index (χ4n) is 5.46. The second-order valence-corrected chi connectivity index (χ2v) is 13.6. The van der Waals surface area contributed by atoms with E-state index < -0.39 is 15.8 Å². The van der Waals surface area contributed by atoms with Gasteiger partial charge >= 0.3 is 0 Å². The predicted octanol–water partition coefficient (Wildman–Crippen LogP) is 5.74. The lowest BCUT2D eigenvalue weighted by Crippen LogP contribution is -2.48. The van der Waals surface area contributed by atoms with Crippen LogP contribution in [0.4, 0.5) is 11.4 Å². The molecule has 3 heterocycles. The molecule has 2 fully saturated rings. The number of ether oxygens (including phenoxy) is 3. The lowest BCUT2D eigenvalue weighted by molar-refractivity contribution is -0.313. The van der Waals surface area contributed by atoms with Gasteiger partial charge in [-0.3, -0.25) is 0 Å². The number of nitrogens with zero attached hydrogens (tertiary/aromatic N) is 5. The first-order valence-electron chi connectivity index (χ1n) is 14.4. The number of aromatic nitrogens is 2. The first-order chi connectivity index (χ1) is 21.8. The molecule has 1 aromatic heterocycles. The molecule has 0 unspecified atom stereocenters. The number of hydrogen-bond donors (Lipinski definition) is 0. The number of imidazole rings is 1. The highest BCUT2D eigenvalue weighted by atomic mass is 35.5. The van der Waals surface area contributed by atoms with Crippen molar-refractivity contribution in [2.75, 3.05) is 44.3 Å². The van der Waals surface area contributed by atoms with E-state index in [1.54, 1.807) is 36.8 Å². The molecule has 0 spiro atoms. The Hall–Kier alpha value is -3.47. The normalized spacial score (nSPS) is 21.0. The van der Waals surface area contributed by atoms with Gasteiger partial charge in [0.1, 0.15) is 6.10 Å². The van der Waals surface area contributed by atoms with Crippen molar-refractivity contribution in [2.45, 2.75) is 29.9 Å². The van der Waals surface area contributed by atoms with Crippen molar-refractivity contribution < 1.29 is 22.6 Å². The highest BCUT2D eigenvalue weighted by Crippen LogP contribution is 2.38. The van der Waals surface area contributed by atoms with Crippen LogP contribution in [0.3, 0.4) is 0 Å². The molecule has 0 atom stereocenters. The summed E-state index contributed by atoms with van der Waals surface area (Å²) in [6.07, 6.45) is 4.95. The highest BCUT2D eigenvalue weighted by molar-refractivity contribution is 7.89. The minimum absolute atomic E-state index is 0.153. The van der Waals surface area contributed by atoms with Crippen LogP contribution in [0, 0.1) is 6.57 Å². The Labute approximate surface area is 272 Å². The molecule has 0 bridgehead atoms. The minimum atomic E-state index is -3.65. The molecule has 234 valence electrons. The maximum atomic E-state index is 13.1. The molecule has 2 aliphatic rings. The average Bonchev–Trinajstić information content (AvgIpc) is 3.57. The van der Waals surface area contributed by atoms with Gasteiger partial charge in [0, 0.05) is 54.8 Å². The summed E-state index contributed by atoms with van der Waals surface area (Å²) < 4.78 is 48.4. The van der Waals surface area contributed by atoms with E-state index in [4.69, 9.17) is 44.0 Å². The summed E-state index contributed by atoms with van der Waals surface area (Å²) >= 11 is 12.7. The van der Waals surface area contributed by atoms with Gasteiger partial charge in [0.25, 0.3) is 0 Å². The zero-order valence-corrected chi connectivity index (χ0v) is 26.6. The van der Waals surface area contributed by atoms with Crippen LogP contribution in [0.15, 0.2) is 90.3 Å². The van der Waals surface area contributed by atoms with Crippen molar-refractivity contribution in [1.82, 2.24) is 13.9 Å². The lowest BCUT2D eigenvalue weighted by Gasteiger charge is -2.41. The maximum absolute atomic E-state index is 13.1. The molecule has 3 aromatic carbocycles. The van der Waals surface area contributed by atoms with Crippen LogP contribution in [-0.4, -0.2) is 67.8 Å². The van der Waals surface area contributed by atoms with Crippen LogP contribution in [0.25, 0.3) is 4.85 Å². The number of hydrogen-bond acceptors (Lipinski definition) is 7. The Morgan fingerprint density at radius 1 is 1.00 bits per heavy atom. The van der Waals surface area contributed by atoms with Crippen LogP contribution in [-0.2, 0) is 43.2 Å². The van der Waals surface area contributed by atoms with E-state index in [9.17, 15) is 8.42 Å². The molecule has 0 saturated carbocycles. The molecule has 0 aliphatic carbocycles. The lowest BCUT2D eigenvalue weighted by atomic mass is 10.0. The summed E-state index contributed by atoms with van der Waals surface area (Å²) in [5.74, 6) is -1.12. The number of piperazine rings is 1. The average molecular weight is 669 g/mol. The largest absolute Gasteiger partial charge is 0.369 e. The van der Waals surface area contributed by atoms with E-state index in [1.165, 1.54) is 16.4 Å². The molecular formula is C32H31Cl2N5O5S. The quantitative estimate of drug-likeness (QED) is 0.210. The Morgan fingerprint density at radius 3 is 2.42 bits per heavy atom. The van der Waals surface area contributed by atoms with Gasteiger partial charge in [-0.1, -0.05) is 53.5 Å². The Bertz CT molecular complexity index is 1760. The third-order valence-electron chi connectivity index (χ3n) is 7.91. The van der Waals surface area contributed by atoms with Gasteiger partial charge in [0.2, 0.25) is 15.8 Å². The van der Waals surface area contributed by atoms with Crippen molar-refractivity contribution in [3.05, 3.63) is 118 Å². The molecule has 0 amide bonds. The molecule has 6 rings (SSSR count). The predicted molar refractivity (Wildman–Crippen MR) is 171 cm³/mol. The molecule has 2 aliphatic heterocycles. The minimum Gasteiger partial charge on any atom is -0.369 e. The van der Waals surface area contributed by atoms with Gasteiger partial charge in [-0.05, 0) is 42.0 Å². The monoisotopic (exact) mass is 667 g/mol. The second-order valence-electron chi connectivity index (χ2n) is 10.8. The number of halogens is 2. The fourth-order valence-corrected chi connectivity index (χ4v) is 7.47. The Balaban J connectivity index is 1.02. The Morgan fingerprint density at radius 2 is 1.76 bits per heavy atom. The van der Waals surface area contributed by atoms with E-state index in [0.29, 0.717) is 73.8 Å². The molecule has 2 saturated heterocycles. The third kappa shape index (κ3) is 7.03. The van der Waals surface area contributed by atoms with Crippen molar-refractivity contribution in [3.63, 3.8) is 0 Å². The molecule has 0 N–H and O–H groups in total. The van der Waals surface area contributed by atoms with Gasteiger partial charge in [0.05, 0.1) is 49.2 Å². The van der Waals surface area contributed by atoms with Crippen molar-refractivity contribution in [2.24, 2.45) is 0 Å². The summed E-state index contributed by atoms with van der Waals surface area (Å²) in [5.41, 5.74) is 3.00. The Kier molecular flexibility index (Phi) is 9.44. The molecule has 10 nitrogen and oxygen atoms in total. The first kappa shape index (κ1) is 31.5. The van der Waals surface area contributed by atoms with E-state index >= 15 is 0 Å². The van der Waals surface area contributed by atoms with Crippen molar-refractivity contribution >= 4 is 44.6 Å². The van der Waals surface area contributed by atoms with Crippen LogP contribution >= 0.6 is 23.2 Å². The zero-order chi connectivity index (χ0) is 31.4. The summed E-state index contributed by atoms with van der Waals surface area (Å²) in [4.78, 5) is 9.79. The third-order valence-corrected chi connectivity index (χ3v) is 10.3. The zero-order valence-electron chi connectivity index (χ0n) is 24.3. The van der Waals surface area contributed by atoms with E-state index in [0.717, 1.165) is 11.3 Å². The topological polar surface area (TPSA) is 90.5 Å². The SMILES string of the molecule is [C-]#[N+]c1cccc(S(=O)(=O)N2CCN(c3ccc(COC4COC(Cn5ccnc5)(c5ccc(Cl)cc5Cl)OC4)cc3)CC2)c1. The number of sulfonamides is 1. The van der Waals surface area contributed by atoms with Gasteiger partial charge in [-0.25, -0.2) is 18.2 Å². The summed E-state index contributed by atoms with van der Waals surface area (Å²) in [6.45, 7) is 10.4. The van der Waals surface area contributed by atoms with Crippen LogP contribution in [0.1, 0.15) is 11.1 Å². The molecule has 0 radical (unpaired) electrons. The van der Waals surface area contributed by atoms with Crippen molar-refractivity contribution in [3.8, 4) is 0 Å². The highest BCUT2D eigenvalue weighted by Gasteiger charge is 2.42. The second kappa shape index (κ2) is 13.5. The molecule has 4 aromatic rings. The first-order valence-corrected chi connectivity index (χ1v) is 16.6. The standard InChI is InChI=1S/C32H31Cl2N5O5S/c1-35-26-3-2-4-29(18-26)45(40,41)39-15-13-38(14-16-39)27-8-5-24(6-9-27)19-42-28-20-43-32(44-21-28,22-37-12-11-36-23-37)30-10-7-25(33)17-31(30)34/h2-12,17-18,23,28H,13-16,19-22H2. The number of rotatable bonds is 9. The van der Waals surface area contributed by atoms with Gasteiger partial charge in [-0.15, -0.1) is 0 Å². The summed E-state index contributed by atoms with van der Waals surface area (Å²) in [6, 6.07) is 19.5. The maximum Gasteiger partial charge on any atom is 0.241 e. The van der Waals surface area contributed by atoms with E-state index in [1.807, 2.05) is 41.1 Å². The molecule has 45 heavy (non-hydrogen) atoms.